The Morgan fingerprint density at radius 3 is 2.28 bits per heavy atom. The Morgan fingerprint density at radius 2 is 1.61 bits per heavy atom. The molecule has 0 aliphatic carbocycles. The van der Waals surface area contributed by atoms with E-state index in [1.165, 1.54) is 0 Å². The number of thiocarbonyl (C=S) groups is 1. The molecule has 0 saturated heterocycles. The molecule has 2 rings (SSSR count). The number of nitrogens with zero attached hydrogens (tertiary/aromatic N) is 1. The first kappa shape index (κ1) is 12.5. The molecule has 0 spiro atoms. The second kappa shape index (κ2) is 6.67. The van der Waals surface area contributed by atoms with E-state index in [-0.39, 0.29) is 0 Å². The van der Waals surface area contributed by atoms with Crippen molar-refractivity contribution in [2.75, 3.05) is 5.32 Å². The third-order valence-electron chi connectivity index (χ3n) is 2.33. The smallest absolute Gasteiger partial charge is 0.0851 e. The van der Waals surface area contributed by atoms with Crippen LogP contribution in [0.3, 0.4) is 0 Å². The molecule has 2 nitrogen and oxygen atoms in total. The van der Waals surface area contributed by atoms with Crippen LogP contribution in [-0.4, -0.2) is 11.2 Å². The molecule has 18 heavy (non-hydrogen) atoms. The zero-order valence-electron chi connectivity index (χ0n) is 9.91. The highest BCUT2D eigenvalue weighted by Gasteiger charge is 1.94. The minimum absolute atomic E-state index is 0.638. The normalized spacial score (nSPS) is 10.4. The van der Waals surface area contributed by atoms with E-state index in [1.54, 1.807) is 0 Å². The SMILES string of the molecule is S=C(CC=Nc1ccccc1)Nc1ccccc1. The molecule has 0 fully saturated rings. The predicted octanol–water partition coefficient (Wildman–Crippen LogP) is 4.22. The van der Waals surface area contributed by atoms with E-state index >= 15 is 0 Å². The van der Waals surface area contributed by atoms with Crippen molar-refractivity contribution in [3.63, 3.8) is 0 Å². The third kappa shape index (κ3) is 4.11. The Bertz CT molecular complexity index is 521. The van der Waals surface area contributed by atoms with E-state index in [4.69, 9.17) is 12.2 Å². The fourth-order valence-electron chi connectivity index (χ4n) is 1.48. The number of aliphatic imine (C=N–C) groups is 1. The average molecular weight is 254 g/mol. The van der Waals surface area contributed by atoms with Gasteiger partial charge in [-0.05, 0) is 24.3 Å². The maximum Gasteiger partial charge on any atom is 0.0851 e. The molecule has 0 unspecified atom stereocenters. The number of benzene rings is 2. The maximum absolute atomic E-state index is 5.25. The van der Waals surface area contributed by atoms with Crippen molar-refractivity contribution < 1.29 is 0 Å². The van der Waals surface area contributed by atoms with Gasteiger partial charge in [-0.1, -0.05) is 48.6 Å². The van der Waals surface area contributed by atoms with Crippen molar-refractivity contribution in [2.45, 2.75) is 6.42 Å². The number of hydrogen-bond donors (Lipinski definition) is 1. The molecule has 0 atom stereocenters. The quantitative estimate of drug-likeness (QED) is 0.652. The zero-order valence-corrected chi connectivity index (χ0v) is 10.7. The molecule has 0 aromatic heterocycles. The second-order valence-electron chi connectivity index (χ2n) is 3.77. The summed E-state index contributed by atoms with van der Waals surface area (Å²) in [7, 11) is 0. The molecular weight excluding hydrogens is 240 g/mol. The standard InChI is InChI=1S/C15H14N2S/c18-15(17-14-9-5-2-6-10-14)11-12-16-13-7-3-1-4-8-13/h1-10,12H,11H2,(H,17,18). The lowest BCUT2D eigenvalue weighted by Gasteiger charge is -2.04. The molecule has 0 radical (unpaired) electrons. The van der Waals surface area contributed by atoms with Gasteiger partial charge in [0, 0.05) is 18.3 Å². The van der Waals surface area contributed by atoms with Crippen molar-refractivity contribution in [3.8, 4) is 0 Å². The maximum atomic E-state index is 5.25. The minimum Gasteiger partial charge on any atom is -0.350 e. The van der Waals surface area contributed by atoms with Gasteiger partial charge in [0.2, 0.25) is 0 Å². The highest BCUT2D eigenvalue weighted by molar-refractivity contribution is 7.80. The average Bonchev–Trinajstić information content (AvgIpc) is 2.41. The molecule has 0 bridgehead atoms. The molecule has 0 aliphatic rings. The van der Waals surface area contributed by atoms with E-state index in [2.05, 4.69) is 10.3 Å². The van der Waals surface area contributed by atoms with Gasteiger partial charge in [0.05, 0.1) is 10.7 Å². The van der Waals surface area contributed by atoms with Crippen LogP contribution < -0.4 is 5.32 Å². The van der Waals surface area contributed by atoms with Crippen LogP contribution in [-0.2, 0) is 0 Å². The van der Waals surface area contributed by atoms with Crippen LogP contribution in [0.4, 0.5) is 11.4 Å². The van der Waals surface area contributed by atoms with Crippen LogP contribution in [0, 0.1) is 0 Å². The van der Waals surface area contributed by atoms with Crippen LogP contribution in [0.5, 0.6) is 0 Å². The van der Waals surface area contributed by atoms with Crippen LogP contribution in [0.15, 0.2) is 65.7 Å². The largest absolute Gasteiger partial charge is 0.350 e. The Balaban J connectivity index is 1.84. The van der Waals surface area contributed by atoms with Gasteiger partial charge in [0.25, 0.3) is 0 Å². The Labute approximate surface area is 112 Å². The Hall–Kier alpha value is -2.00. The first-order valence-electron chi connectivity index (χ1n) is 5.77. The molecule has 2 aromatic rings. The second-order valence-corrected chi connectivity index (χ2v) is 4.26. The minimum atomic E-state index is 0.638. The lowest BCUT2D eigenvalue weighted by molar-refractivity contribution is 1.49. The molecule has 0 saturated carbocycles. The van der Waals surface area contributed by atoms with E-state index in [0.29, 0.717) is 6.42 Å². The van der Waals surface area contributed by atoms with E-state index in [1.807, 2.05) is 66.9 Å². The van der Waals surface area contributed by atoms with Gasteiger partial charge in [-0.25, -0.2) is 0 Å². The van der Waals surface area contributed by atoms with E-state index < -0.39 is 0 Å². The molecule has 1 N–H and O–H groups in total. The van der Waals surface area contributed by atoms with Crippen molar-refractivity contribution in [2.24, 2.45) is 4.99 Å². The summed E-state index contributed by atoms with van der Waals surface area (Å²) < 4.78 is 0. The number of hydrogen-bond acceptors (Lipinski definition) is 2. The summed E-state index contributed by atoms with van der Waals surface area (Å²) in [6, 6.07) is 19.7. The molecule has 2 aromatic carbocycles. The summed E-state index contributed by atoms with van der Waals surface area (Å²) in [5, 5.41) is 3.17. The molecular formula is C15H14N2S. The zero-order chi connectivity index (χ0) is 12.6. The van der Waals surface area contributed by atoms with Crippen LogP contribution in [0.25, 0.3) is 0 Å². The van der Waals surface area contributed by atoms with E-state index in [0.717, 1.165) is 16.4 Å². The van der Waals surface area contributed by atoms with Gasteiger partial charge in [-0.2, -0.15) is 0 Å². The summed E-state index contributed by atoms with van der Waals surface area (Å²) >= 11 is 5.25. The molecule has 0 heterocycles. The molecule has 0 aliphatic heterocycles. The van der Waals surface area contributed by atoms with Gasteiger partial charge in [-0.3, -0.25) is 4.99 Å². The predicted molar refractivity (Wildman–Crippen MR) is 81.9 cm³/mol. The first-order valence-corrected chi connectivity index (χ1v) is 6.18. The van der Waals surface area contributed by atoms with Crippen molar-refractivity contribution >= 4 is 34.8 Å². The highest BCUT2D eigenvalue weighted by atomic mass is 32.1. The van der Waals surface area contributed by atoms with Crippen molar-refractivity contribution in [1.29, 1.82) is 0 Å². The number of nitrogens with one attached hydrogen (secondary N) is 1. The summed E-state index contributed by atoms with van der Waals surface area (Å²) in [5.74, 6) is 0. The number of para-hydroxylation sites is 2. The number of rotatable bonds is 4. The third-order valence-corrected chi connectivity index (χ3v) is 2.60. The van der Waals surface area contributed by atoms with Gasteiger partial charge in [0.15, 0.2) is 0 Å². The van der Waals surface area contributed by atoms with Gasteiger partial charge < -0.3 is 5.32 Å². The van der Waals surface area contributed by atoms with Crippen molar-refractivity contribution in [1.82, 2.24) is 0 Å². The van der Waals surface area contributed by atoms with Crippen LogP contribution in [0.1, 0.15) is 6.42 Å². The Kier molecular flexibility index (Phi) is 4.61. The number of anilines is 1. The van der Waals surface area contributed by atoms with Gasteiger partial charge >= 0.3 is 0 Å². The summed E-state index contributed by atoms with van der Waals surface area (Å²) in [4.78, 5) is 5.10. The fraction of sp³-hybridized carbons (Fsp3) is 0.0667. The summed E-state index contributed by atoms with van der Waals surface area (Å²) in [6.45, 7) is 0. The summed E-state index contributed by atoms with van der Waals surface area (Å²) in [5.41, 5.74) is 1.95. The Morgan fingerprint density at radius 1 is 1.00 bits per heavy atom. The van der Waals surface area contributed by atoms with E-state index in [9.17, 15) is 0 Å². The van der Waals surface area contributed by atoms with Crippen molar-refractivity contribution in [3.05, 3.63) is 60.7 Å². The molecule has 0 amide bonds. The first-order chi connectivity index (χ1) is 8.84. The summed E-state index contributed by atoms with van der Waals surface area (Å²) in [6.07, 6.45) is 2.47. The van der Waals surface area contributed by atoms with Gasteiger partial charge in [-0.15, -0.1) is 0 Å². The monoisotopic (exact) mass is 254 g/mol. The van der Waals surface area contributed by atoms with Crippen LogP contribution >= 0.6 is 12.2 Å². The van der Waals surface area contributed by atoms with Crippen LogP contribution in [0.2, 0.25) is 0 Å². The lowest BCUT2D eigenvalue weighted by atomic mass is 10.3. The van der Waals surface area contributed by atoms with Gasteiger partial charge in [0.1, 0.15) is 0 Å². The fourth-order valence-corrected chi connectivity index (χ4v) is 1.67. The highest BCUT2D eigenvalue weighted by Crippen LogP contribution is 2.09. The molecule has 90 valence electrons. The topological polar surface area (TPSA) is 24.4 Å². The lowest BCUT2D eigenvalue weighted by Crippen LogP contribution is -2.08. The molecule has 3 heteroatoms.